The number of hydrogen-bond donors (Lipinski definition) is 0. The highest BCUT2D eigenvalue weighted by Crippen LogP contribution is 2.42. The summed E-state index contributed by atoms with van der Waals surface area (Å²) >= 11 is 0. The molecule has 0 N–H and O–H groups in total. The van der Waals surface area contributed by atoms with Gasteiger partial charge >= 0.3 is 11.9 Å². The van der Waals surface area contributed by atoms with Crippen molar-refractivity contribution < 1.29 is 28.6 Å². The average molecular weight is 385 g/mol. The topological polar surface area (TPSA) is 82.1 Å². The monoisotopic (exact) mass is 385 g/mol. The fraction of sp³-hybridized carbons (Fsp3) is 0.381. The summed E-state index contributed by atoms with van der Waals surface area (Å²) < 4.78 is 15.0. The molecular formula is C21H23NO6. The van der Waals surface area contributed by atoms with E-state index in [4.69, 9.17) is 14.2 Å². The number of β-lactam (4-membered cyclic amide) rings is 1. The Hall–Kier alpha value is -3.09. The van der Waals surface area contributed by atoms with Crippen LogP contribution in [0.4, 0.5) is 5.69 Å². The standard InChI is InChI=1S/C21H23NO6/c1-12-18(22(19(12)23)13-8-10-14(26-2)11-9-13)15-6-5-7-16(20(24)27-3)17(15)21(25)28-4/h5-6,8-12,15,18H,7H2,1-4H3/t12-,15+,18-/m0/s1. The third-order valence-electron chi connectivity index (χ3n) is 5.32. The summed E-state index contributed by atoms with van der Waals surface area (Å²) in [5, 5.41) is 0. The van der Waals surface area contributed by atoms with Crippen molar-refractivity contribution in [2.75, 3.05) is 26.2 Å². The summed E-state index contributed by atoms with van der Waals surface area (Å²) in [6.45, 7) is 1.82. The quantitative estimate of drug-likeness (QED) is 0.439. The average Bonchev–Trinajstić information content (AvgIpc) is 2.75. The highest BCUT2D eigenvalue weighted by atomic mass is 16.5. The molecule has 1 aromatic rings. The minimum Gasteiger partial charge on any atom is -0.497 e. The van der Waals surface area contributed by atoms with Gasteiger partial charge in [-0.1, -0.05) is 19.1 Å². The van der Waals surface area contributed by atoms with E-state index in [1.807, 2.05) is 19.1 Å². The number of methoxy groups -OCH3 is 3. The molecule has 1 saturated heterocycles. The van der Waals surface area contributed by atoms with E-state index in [1.165, 1.54) is 14.2 Å². The van der Waals surface area contributed by atoms with E-state index in [0.717, 1.165) is 0 Å². The summed E-state index contributed by atoms with van der Waals surface area (Å²) in [6, 6.07) is 6.83. The lowest BCUT2D eigenvalue weighted by molar-refractivity contribution is -0.140. The van der Waals surface area contributed by atoms with Crippen molar-refractivity contribution in [1.29, 1.82) is 0 Å². The lowest BCUT2D eigenvalue weighted by Gasteiger charge is -2.49. The van der Waals surface area contributed by atoms with Crippen molar-refractivity contribution in [2.24, 2.45) is 11.8 Å². The van der Waals surface area contributed by atoms with Crippen molar-refractivity contribution in [3.63, 3.8) is 0 Å². The van der Waals surface area contributed by atoms with Crippen molar-refractivity contribution in [3.05, 3.63) is 47.6 Å². The molecule has 1 aliphatic carbocycles. The van der Waals surface area contributed by atoms with E-state index in [-0.39, 0.29) is 35.4 Å². The van der Waals surface area contributed by atoms with Gasteiger partial charge in [0, 0.05) is 11.6 Å². The Kier molecular flexibility index (Phi) is 5.53. The van der Waals surface area contributed by atoms with Gasteiger partial charge < -0.3 is 19.1 Å². The maximum Gasteiger partial charge on any atom is 0.334 e. The lowest BCUT2D eigenvalue weighted by atomic mass is 9.72. The second-order valence-corrected chi connectivity index (χ2v) is 6.72. The van der Waals surface area contributed by atoms with Gasteiger partial charge in [-0.25, -0.2) is 9.59 Å². The number of anilines is 1. The Morgan fingerprint density at radius 2 is 1.68 bits per heavy atom. The summed E-state index contributed by atoms with van der Waals surface area (Å²) in [4.78, 5) is 39.0. The summed E-state index contributed by atoms with van der Waals surface area (Å²) in [7, 11) is 4.12. The van der Waals surface area contributed by atoms with Crippen LogP contribution in [0.25, 0.3) is 0 Å². The molecule has 7 nitrogen and oxygen atoms in total. The Labute approximate surface area is 163 Å². The molecule has 7 heteroatoms. The maximum absolute atomic E-state index is 12.6. The van der Waals surface area contributed by atoms with Gasteiger partial charge in [-0.3, -0.25) is 4.79 Å². The molecule has 1 heterocycles. The molecular weight excluding hydrogens is 362 g/mol. The normalized spacial score (nSPS) is 23.9. The van der Waals surface area contributed by atoms with Gasteiger partial charge in [0.2, 0.25) is 5.91 Å². The van der Waals surface area contributed by atoms with Gasteiger partial charge in [0.1, 0.15) is 5.75 Å². The van der Waals surface area contributed by atoms with Gasteiger partial charge in [-0.05, 0) is 30.7 Å². The number of benzene rings is 1. The minimum atomic E-state index is -0.587. The molecule has 1 amide bonds. The van der Waals surface area contributed by atoms with E-state index >= 15 is 0 Å². The molecule has 0 aromatic heterocycles. The van der Waals surface area contributed by atoms with E-state index in [1.54, 1.807) is 36.3 Å². The first-order valence-corrected chi connectivity index (χ1v) is 8.98. The molecule has 148 valence electrons. The summed E-state index contributed by atoms with van der Waals surface area (Å²) in [5.41, 5.74) is 1.22. The molecule has 0 bridgehead atoms. The smallest absolute Gasteiger partial charge is 0.334 e. The first-order valence-electron chi connectivity index (χ1n) is 8.98. The molecule has 0 unspecified atom stereocenters. The third-order valence-corrected chi connectivity index (χ3v) is 5.32. The fourth-order valence-corrected chi connectivity index (χ4v) is 3.88. The highest BCUT2D eigenvalue weighted by Gasteiger charge is 2.51. The number of ether oxygens (including phenoxy) is 3. The second-order valence-electron chi connectivity index (χ2n) is 6.72. The summed E-state index contributed by atoms with van der Waals surface area (Å²) in [5.74, 6) is -1.29. The fourth-order valence-electron chi connectivity index (χ4n) is 3.88. The van der Waals surface area contributed by atoms with Crippen LogP contribution in [0.3, 0.4) is 0 Å². The number of amides is 1. The first kappa shape index (κ1) is 19.7. The van der Waals surface area contributed by atoms with Gasteiger partial charge in [-0.2, -0.15) is 0 Å². The van der Waals surface area contributed by atoms with Crippen LogP contribution in [0.1, 0.15) is 13.3 Å². The maximum atomic E-state index is 12.6. The first-order chi connectivity index (χ1) is 13.4. The van der Waals surface area contributed by atoms with Crippen LogP contribution in [-0.4, -0.2) is 45.2 Å². The minimum absolute atomic E-state index is 0.0435. The molecule has 3 rings (SSSR count). The molecule has 1 fully saturated rings. The molecule has 2 aliphatic rings. The Bertz CT molecular complexity index is 854. The van der Waals surface area contributed by atoms with Crippen LogP contribution in [0, 0.1) is 11.8 Å². The number of allylic oxidation sites excluding steroid dienone is 1. The van der Waals surface area contributed by atoms with Crippen LogP contribution in [-0.2, 0) is 23.9 Å². The zero-order valence-corrected chi connectivity index (χ0v) is 16.3. The zero-order chi connectivity index (χ0) is 20.4. The molecule has 28 heavy (non-hydrogen) atoms. The molecule has 3 atom stereocenters. The van der Waals surface area contributed by atoms with E-state index in [0.29, 0.717) is 11.4 Å². The SMILES string of the molecule is COC(=O)C1=C(C(=O)OC)[C@H]([C@@H]2[C@H](C)C(=O)N2c2ccc(OC)cc2)C=CC1. The number of hydrogen-bond acceptors (Lipinski definition) is 6. The largest absolute Gasteiger partial charge is 0.497 e. The van der Waals surface area contributed by atoms with Gasteiger partial charge in [0.15, 0.2) is 0 Å². The van der Waals surface area contributed by atoms with E-state index in [2.05, 4.69) is 0 Å². The molecule has 0 spiro atoms. The van der Waals surface area contributed by atoms with Crippen LogP contribution < -0.4 is 9.64 Å². The van der Waals surface area contributed by atoms with Gasteiger partial charge in [0.05, 0.1) is 44.4 Å². The van der Waals surface area contributed by atoms with Crippen molar-refractivity contribution >= 4 is 23.5 Å². The third kappa shape index (κ3) is 3.17. The van der Waals surface area contributed by atoms with Crippen LogP contribution in [0.5, 0.6) is 5.75 Å². The van der Waals surface area contributed by atoms with Crippen molar-refractivity contribution in [3.8, 4) is 5.75 Å². The number of carbonyl (C=O) groups is 3. The van der Waals surface area contributed by atoms with E-state index in [9.17, 15) is 14.4 Å². The van der Waals surface area contributed by atoms with Crippen LogP contribution in [0.2, 0.25) is 0 Å². The summed E-state index contributed by atoms with van der Waals surface area (Å²) in [6.07, 6.45) is 3.97. The predicted molar refractivity (Wildman–Crippen MR) is 102 cm³/mol. The second kappa shape index (κ2) is 7.88. The number of nitrogens with zero attached hydrogens (tertiary/aromatic N) is 1. The molecule has 0 saturated carbocycles. The van der Waals surface area contributed by atoms with Gasteiger partial charge in [-0.15, -0.1) is 0 Å². The number of carbonyl (C=O) groups excluding carboxylic acids is 3. The predicted octanol–water partition coefficient (Wildman–Crippen LogP) is 2.27. The molecule has 1 aliphatic heterocycles. The Morgan fingerprint density at radius 1 is 1.04 bits per heavy atom. The Balaban J connectivity index is 2.02. The lowest BCUT2D eigenvalue weighted by Crippen LogP contribution is -2.63. The van der Waals surface area contributed by atoms with E-state index < -0.39 is 17.9 Å². The highest BCUT2D eigenvalue weighted by molar-refractivity contribution is 6.06. The van der Waals surface area contributed by atoms with Gasteiger partial charge in [0.25, 0.3) is 0 Å². The molecule has 1 aromatic carbocycles. The Morgan fingerprint density at radius 3 is 2.25 bits per heavy atom. The number of rotatable bonds is 5. The van der Waals surface area contributed by atoms with Crippen molar-refractivity contribution in [2.45, 2.75) is 19.4 Å². The van der Waals surface area contributed by atoms with Crippen molar-refractivity contribution in [1.82, 2.24) is 0 Å². The van der Waals surface area contributed by atoms with Crippen LogP contribution >= 0.6 is 0 Å². The number of esters is 2. The van der Waals surface area contributed by atoms with Crippen LogP contribution in [0.15, 0.2) is 47.6 Å². The zero-order valence-electron chi connectivity index (χ0n) is 16.3. The molecule has 0 radical (unpaired) electrons.